The maximum absolute atomic E-state index is 5.57. The minimum atomic E-state index is 0.142. The summed E-state index contributed by atoms with van der Waals surface area (Å²) in [4.78, 5) is 2.46. The minimum Gasteiger partial charge on any atom is -0.380 e. The molecule has 1 aliphatic heterocycles. The summed E-state index contributed by atoms with van der Waals surface area (Å²) in [5, 5.41) is 3.60. The molecular formula is C17H28N2O. The third-order valence-electron chi connectivity index (χ3n) is 3.61. The first-order valence-electron chi connectivity index (χ1n) is 7.63. The molecule has 2 rings (SSSR count). The molecule has 1 N–H and O–H groups in total. The molecule has 1 aromatic carbocycles. The van der Waals surface area contributed by atoms with Crippen LogP contribution in [-0.2, 0) is 11.3 Å². The zero-order valence-corrected chi connectivity index (χ0v) is 13.3. The Kier molecular flexibility index (Phi) is 5.06. The summed E-state index contributed by atoms with van der Waals surface area (Å²) in [6.45, 7) is 13.5. The molecule has 3 heteroatoms. The molecule has 3 nitrogen and oxygen atoms in total. The normalized spacial score (nSPS) is 17.1. The Balaban J connectivity index is 2.18. The zero-order valence-electron chi connectivity index (χ0n) is 13.3. The van der Waals surface area contributed by atoms with Crippen molar-refractivity contribution in [2.45, 2.75) is 46.2 Å². The molecule has 1 heterocycles. The van der Waals surface area contributed by atoms with Crippen LogP contribution in [0.2, 0.25) is 0 Å². The fourth-order valence-corrected chi connectivity index (χ4v) is 2.51. The second-order valence-electron chi connectivity index (χ2n) is 6.69. The molecular weight excluding hydrogens is 248 g/mol. The number of hydrogen-bond acceptors (Lipinski definition) is 3. The average molecular weight is 276 g/mol. The van der Waals surface area contributed by atoms with Gasteiger partial charge < -0.3 is 15.0 Å². The third-order valence-corrected chi connectivity index (χ3v) is 3.61. The second kappa shape index (κ2) is 6.59. The van der Waals surface area contributed by atoms with E-state index < -0.39 is 0 Å². The van der Waals surface area contributed by atoms with E-state index in [1.807, 2.05) is 0 Å². The summed E-state index contributed by atoms with van der Waals surface area (Å²) in [5.41, 5.74) is 4.22. The predicted octanol–water partition coefficient (Wildman–Crippen LogP) is 3.11. The summed E-state index contributed by atoms with van der Waals surface area (Å²) < 4.78 is 5.57. The van der Waals surface area contributed by atoms with Crippen LogP contribution in [0.25, 0.3) is 0 Å². The highest BCUT2D eigenvalue weighted by molar-refractivity contribution is 5.55. The van der Waals surface area contributed by atoms with Gasteiger partial charge in [0.25, 0.3) is 0 Å². The Bertz CT molecular complexity index is 429. The van der Waals surface area contributed by atoms with Gasteiger partial charge in [-0.05, 0) is 45.7 Å². The van der Waals surface area contributed by atoms with Crippen molar-refractivity contribution in [2.75, 3.05) is 31.2 Å². The number of rotatable bonds is 3. The van der Waals surface area contributed by atoms with Crippen molar-refractivity contribution in [3.63, 3.8) is 0 Å². The Morgan fingerprint density at radius 1 is 1.20 bits per heavy atom. The van der Waals surface area contributed by atoms with E-state index in [1.54, 1.807) is 0 Å². The van der Waals surface area contributed by atoms with E-state index in [4.69, 9.17) is 4.74 Å². The SMILES string of the molecule is Cc1ccc(N2CCCOCC2)c(CNC(C)(C)C)c1. The van der Waals surface area contributed by atoms with Gasteiger partial charge in [0, 0.05) is 37.5 Å². The standard InChI is InChI=1S/C17H28N2O/c1-14-6-7-16(19-8-5-10-20-11-9-19)15(12-14)13-18-17(2,3)4/h6-7,12,18H,5,8-11,13H2,1-4H3. The van der Waals surface area contributed by atoms with Crippen LogP contribution in [0.4, 0.5) is 5.69 Å². The van der Waals surface area contributed by atoms with Crippen LogP contribution in [-0.4, -0.2) is 31.8 Å². The van der Waals surface area contributed by atoms with Crippen molar-refractivity contribution in [3.05, 3.63) is 29.3 Å². The van der Waals surface area contributed by atoms with E-state index in [1.165, 1.54) is 16.8 Å². The van der Waals surface area contributed by atoms with Crippen LogP contribution in [0.5, 0.6) is 0 Å². The topological polar surface area (TPSA) is 24.5 Å². The van der Waals surface area contributed by atoms with Crippen molar-refractivity contribution in [1.82, 2.24) is 5.32 Å². The molecule has 0 amide bonds. The third kappa shape index (κ3) is 4.50. The minimum absolute atomic E-state index is 0.142. The van der Waals surface area contributed by atoms with Crippen molar-refractivity contribution < 1.29 is 4.74 Å². The monoisotopic (exact) mass is 276 g/mol. The average Bonchev–Trinajstić information content (AvgIpc) is 2.64. The largest absolute Gasteiger partial charge is 0.380 e. The van der Waals surface area contributed by atoms with Gasteiger partial charge in [-0.25, -0.2) is 0 Å². The Labute approximate surface area is 123 Å². The zero-order chi connectivity index (χ0) is 14.6. The fourth-order valence-electron chi connectivity index (χ4n) is 2.51. The first-order valence-corrected chi connectivity index (χ1v) is 7.63. The summed E-state index contributed by atoms with van der Waals surface area (Å²) in [6, 6.07) is 6.78. The predicted molar refractivity (Wildman–Crippen MR) is 85.4 cm³/mol. The molecule has 0 radical (unpaired) electrons. The van der Waals surface area contributed by atoms with E-state index in [2.05, 4.69) is 56.1 Å². The molecule has 0 aromatic heterocycles. The first kappa shape index (κ1) is 15.3. The number of aryl methyl sites for hydroxylation is 1. The highest BCUT2D eigenvalue weighted by atomic mass is 16.5. The summed E-state index contributed by atoms with van der Waals surface area (Å²) in [7, 11) is 0. The first-order chi connectivity index (χ1) is 9.46. The Morgan fingerprint density at radius 2 is 2.00 bits per heavy atom. The smallest absolute Gasteiger partial charge is 0.0641 e. The number of benzene rings is 1. The van der Waals surface area contributed by atoms with Gasteiger partial charge in [0.1, 0.15) is 0 Å². The van der Waals surface area contributed by atoms with Crippen molar-refractivity contribution in [3.8, 4) is 0 Å². The molecule has 0 aliphatic carbocycles. The van der Waals surface area contributed by atoms with Crippen LogP contribution in [0.3, 0.4) is 0 Å². The van der Waals surface area contributed by atoms with Crippen LogP contribution in [0, 0.1) is 6.92 Å². The lowest BCUT2D eigenvalue weighted by atomic mass is 10.0. The van der Waals surface area contributed by atoms with Crippen molar-refractivity contribution in [1.29, 1.82) is 0 Å². The van der Waals surface area contributed by atoms with Gasteiger partial charge in [-0.15, -0.1) is 0 Å². The lowest BCUT2D eigenvalue weighted by Gasteiger charge is -2.27. The van der Waals surface area contributed by atoms with Gasteiger partial charge in [0.2, 0.25) is 0 Å². The van der Waals surface area contributed by atoms with Crippen LogP contribution in [0.1, 0.15) is 38.3 Å². The van der Waals surface area contributed by atoms with Gasteiger partial charge in [-0.2, -0.15) is 0 Å². The van der Waals surface area contributed by atoms with E-state index in [9.17, 15) is 0 Å². The highest BCUT2D eigenvalue weighted by Crippen LogP contribution is 2.23. The van der Waals surface area contributed by atoms with Crippen LogP contribution >= 0.6 is 0 Å². The fraction of sp³-hybridized carbons (Fsp3) is 0.647. The van der Waals surface area contributed by atoms with E-state index in [-0.39, 0.29) is 5.54 Å². The molecule has 112 valence electrons. The number of nitrogens with one attached hydrogen (secondary N) is 1. The molecule has 0 spiro atoms. The van der Waals surface area contributed by atoms with Gasteiger partial charge in [-0.3, -0.25) is 0 Å². The highest BCUT2D eigenvalue weighted by Gasteiger charge is 2.15. The number of hydrogen-bond donors (Lipinski definition) is 1. The van der Waals surface area contributed by atoms with Gasteiger partial charge >= 0.3 is 0 Å². The molecule has 0 atom stereocenters. The Hall–Kier alpha value is -1.06. The van der Waals surface area contributed by atoms with E-state index in [0.29, 0.717) is 0 Å². The summed E-state index contributed by atoms with van der Waals surface area (Å²) >= 11 is 0. The lowest BCUT2D eigenvalue weighted by Crippen LogP contribution is -2.36. The quantitative estimate of drug-likeness (QED) is 0.918. The maximum atomic E-state index is 5.57. The number of nitrogens with zero attached hydrogens (tertiary/aromatic N) is 1. The molecule has 0 bridgehead atoms. The van der Waals surface area contributed by atoms with E-state index in [0.717, 1.165) is 39.3 Å². The van der Waals surface area contributed by atoms with Crippen molar-refractivity contribution >= 4 is 5.69 Å². The molecule has 0 saturated carbocycles. The van der Waals surface area contributed by atoms with Gasteiger partial charge in [0.15, 0.2) is 0 Å². The Morgan fingerprint density at radius 3 is 2.75 bits per heavy atom. The number of ether oxygens (including phenoxy) is 1. The summed E-state index contributed by atoms with van der Waals surface area (Å²) in [6.07, 6.45) is 1.11. The lowest BCUT2D eigenvalue weighted by molar-refractivity contribution is 0.152. The molecule has 0 unspecified atom stereocenters. The van der Waals surface area contributed by atoms with Gasteiger partial charge in [0.05, 0.1) is 6.61 Å². The van der Waals surface area contributed by atoms with E-state index >= 15 is 0 Å². The maximum Gasteiger partial charge on any atom is 0.0641 e. The molecule has 1 fully saturated rings. The van der Waals surface area contributed by atoms with Crippen LogP contribution < -0.4 is 10.2 Å². The van der Waals surface area contributed by atoms with Crippen molar-refractivity contribution in [2.24, 2.45) is 0 Å². The molecule has 1 aliphatic rings. The second-order valence-corrected chi connectivity index (χ2v) is 6.69. The molecule has 1 aromatic rings. The molecule has 1 saturated heterocycles. The van der Waals surface area contributed by atoms with Crippen LogP contribution in [0.15, 0.2) is 18.2 Å². The van der Waals surface area contributed by atoms with Gasteiger partial charge in [-0.1, -0.05) is 17.7 Å². The molecule has 20 heavy (non-hydrogen) atoms. The summed E-state index contributed by atoms with van der Waals surface area (Å²) in [5.74, 6) is 0. The number of anilines is 1.